The summed E-state index contributed by atoms with van der Waals surface area (Å²) in [5.74, 6) is 0.0674. The van der Waals surface area contributed by atoms with Gasteiger partial charge in [-0.15, -0.1) is 12.4 Å². The first kappa shape index (κ1) is 20.7. The normalized spacial score (nSPS) is 11.3. The highest BCUT2D eigenvalue weighted by molar-refractivity contribution is 6.00. The second kappa shape index (κ2) is 9.86. The third-order valence-corrected chi connectivity index (χ3v) is 3.72. The number of furan rings is 1. The van der Waals surface area contributed by atoms with Crippen LogP contribution in [0.3, 0.4) is 0 Å². The minimum absolute atomic E-state index is 0. The Morgan fingerprint density at radius 1 is 1.28 bits per heavy atom. The zero-order valence-electron chi connectivity index (χ0n) is 14.4. The van der Waals surface area contributed by atoms with Crippen molar-refractivity contribution in [2.24, 2.45) is 5.73 Å². The molecule has 0 bridgehead atoms. The van der Waals surface area contributed by atoms with Crippen molar-refractivity contribution in [2.45, 2.75) is 32.9 Å². The maximum Gasteiger partial charge on any atom is 0.257 e. The number of amides is 2. The van der Waals surface area contributed by atoms with E-state index >= 15 is 0 Å². The fourth-order valence-corrected chi connectivity index (χ4v) is 2.39. The number of benzene rings is 1. The van der Waals surface area contributed by atoms with Gasteiger partial charge in [0.15, 0.2) is 0 Å². The Bertz CT molecular complexity index is 688. The van der Waals surface area contributed by atoms with Gasteiger partial charge in [0.2, 0.25) is 5.91 Å². The highest BCUT2D eigenvalue weighted by atomic mass is 35.5. The number of hydrogen-bond donors (Lipinski definition) is 2. The molecule has 0 spiro atoms. The number of anilines is 1. The molecule has 1 aromatic heterocycles. The number of nitrogens with one attached hydrogen (secondary N) is 1. The van der Waals surface area contributed by atoms with Crippen LogP contribution < -0.4 is 11.1 Å². The summed E-state index contributed by atoms with van der Waals surface area (Å²) in [5.41, 5.74) is 6.62. The molecular formula is C18H24ClN3O3. The summed E-state index contributed by atoms with van der Waals surface area (Å²) in [4.78, 5) is 26.7. The van der Waals surface area contributed by atoms with E-state index in [1.54, 1.807) is 30.0 Å². The summed E-state index contributed by atoms with van der Waals surface area (Å²) in [5, 5.41) is 2.83. The molecule has 2 amide bonds. The third kappa shape index (κ3) is 5.34. The van der Waals surface area contributed by atoms with Crippen LogP contribution in [0, 0.1) is 0 Å². The van der Waals surface area contributed by atoms with E-state index < -0.39 is 6.04 Å². The van der Waals surface area contributed by atoms with E-state index in [0.717, 1.165) is 6.42 Å². The number of nitrogens with two attached hydrogens (primary N) is 1. The summed E-state index contributed by atoms with van der Waals surface area (Å²) in [6.07, 6.45) is 2.13. The Hall–Kier alpha value is -2.31. The fraction of sp³-hybridized carbons (Fsp3) is 0.333. The zero-order valence-corrected chi connectivity index (χ0v) is 15.2. The lowest BCUT2D eigenvalue weighted by atomic mass is 10.2. The Labute approximate surface area is 153 Å². The maximum absolute atomic E-state index is 12.7. The average molecular weight is 366 g/mol. The van der Waals surface area contributed by atoms with Crippen molar-refractivity contribution in [3.63, 3.8) is 0 Å². The molecule has 0 aliphatic carbocycles. The van der Waals surface area contributed by atoms with Gasteiger partial charge in [0, 0.05) is 12.2 Å². The van der Waals surface area contributed by atoms with Gasteiger partial charge in [-0.05, 0) is 31.5 Å². The van der Waals surface area contributed by atoms with Gasteiger partial charge in [-0.2, -0.15) is 0 Å². The molecule has 2 aromatic rings. The largest absolute Gasteiger partial charge is 0.467 e. The lowest BCUT2D eigenvalue weighted by Gasteiger charge is -2.27. The predicted molar refractivity (Wildman–Crippen MR) is 99.7 cm³/mol. The summed E-state index contributed by atoms with van der Waals surface area (Å²) in [6.45, 7) is 4.38. The van der Waals surface area contributed by atoms with Gasteiger partial charge in [-0.3, -0.25) is 9.59 Å². The second-order valence-electron chi connectivity index (χ2n) is 5.54. The fourth-order valence-electron chi connectivity index (χ4n) is 2.39. The van der Waals surface area contributed by atoms with Crippen LogP contribution in [-0.4, -0.2) is 29.3 Å². The molecule has 1 atom stereocenters. The highest BCUT2D eigenvalue weighted by Crippen LogP contribution is 2.15. The van der Waals surface area contributed by atoms with E-state index in [9.17, 15) is 9.59 Å². The van der Waals surface area contributed by atoms with Crippen molar-refractivity contribution in [3.05, 3.63) is 54.0 Å². The molecule has 2 rings (SSSR count). The van der Waals surface area contributed by atoms with E-state index in [4.69, 9.17) is 10.2 Å². The quantitative estimate of drug-likeness (QED) is 0.789. The van der Waals surface area contributed by atoms with Crippen LogP contribution in [0.2, 0.25) is 0 Å². The first-order chi connectivity index (χ1) is 11.6. The second-order valence-corrected chi connectivity index (χ2v) is 5.54. The van der Waals surface area contributed by atoms with Gasteiger partial charge >= 0.3 is 0 Å². The molecule has 1 heterocycles. The average Bonchev–Trinajstić information content (AvgIpc) is 3.08. The lowest BCUT2D eigenvalue weighted by Crippen LogP contribution is -2.45. The van der Waals surface area contributed by atoms with Crippen LogP contribution in [0.25, 0.3) is 0 Å². The molecule has 0 radical (unpaired) electrons. The molecule has 0 saturated carbocycles. The molecule has 136 valence electrons. The molecule has 0 fully saturated rings. The van der Waals surface area contributed by atoms with Crippen molar-refractivity contribution in [2.75, 3.05) is 11.9 Å². The van der Waals surface area contributed by atoms with Gasteiger partial charge in [0.05, 0.1) is 12.1 Å². The van der Waals surface area contributed by atoms with Crippen molar-refractivity contribution in [1.82, 2.24) is 4.90 Å². The summed E-state index contributed by atoms with van der Waals surface area (Å²) >= 11 is 0. The van der Waals surface area contributed by atoms with Crippen molar-refractivity contribution in [3.8, 4) is 0 Å². The number of hydrogen-bond acceptors (Lipinski definition) is 4. The standard InChI is InChI=1S/C18H23N3O3.ClH/c1-3-9-21(18(23)14-10-16(11-19)24-12-14)13(2)17(22)20-15-7-5-4-6-8-15;/h4-8,10,12-13H,3,9,11,19H2,1-2H3,(H,20,22);1H. The molecule has 1 aromatic carbocycles. The topological polar surface area (TPSA) is 88.6 Å². The van der Waals surface area contributed by atoms with Crippen LogP contribution in [0.4, 0.5) is 5.69 Å². The van der Waals surface area contributed by atoms with Gasteiger partial charge in [-0.25, -0.2) is 0 Å². The minimum Gasteiger partial charge on any atom is -0.467 e. The number of para-hydroxylation sites is 1. The van der Waals surface area contributed by atoms with Crippen molar-refractivity contribution < 1.29 is 14.0 Å². The van der Waals surface area contributed by atoms with Crippen molar-refractivity contribution in [1.29, 1.82) is 0 Å². The summed E-state index contributed by atoms with van der Waals surface area (Å²) in [6, 6.07) is 10.2. The van der Waals surface area contributed by atoms with Gasteiger partial charge in [0.25, 0.3) is 5.91 Å². The number of carbonyl (C=O) groups excluding carboxylic acids is 2. The SMILES string of the molecule is CCCN(C(=O)c1coc(CN)c1)C(C)C(=O)Nc1ccccc1.Cl. The predicted octanol–water partition coefficient (Wildman–Crippen LogP) is 3.04. The number of nitrogens with zero attached hydrogens (tertiary/aromatic N) is 1. The first-order valence-corrected chi connectivity index (χ1v) is 8.01. The lowest BCUT2D eigenvalue weighted by molar-refractivity contribution is -0.120. The Balaban J connectivity index is 0.00000312. The molecule has 25 heavy (non-hydrogen) atoms. The van der Waals surface area contributed by atoms with Crippen LogP contribution in [0.1, 0.15) is 36.4 Å². The van der Waals surface area contributed by atoms with E-state index in [1.165, 1.54) is 6.26 Å². The van der Waals surface area contributed by atoms with Crippen molar-refractivity contribution >= 4 is 29.9 Å². The minimum atomic E-state index is -0.603. The molecule has 6 nitrogen and oxygen atoms in total. The van der Waals surface area contributed by atoms with E-state index in [2.05, 4.69) is 5.32 Å². The summed E-state index contributed by atoms with van der Waals surface area (Å²) < 4.78 is 5.23. The third-order valence-electron chi connectivity index (χ3n) is 3.72. The van der Waals surface area contributed by atoms with Gasteiger partial charge < -0.3 is 20.4 Å². The van der Waals surface area contributed by atoms with E-state index in [-0.39, 0.29) is 30.8 Å². The Morgan fingerprint density at radius 2 is 1.96 bits per heavy atom. The molecule has 0 saturated heterocycles. The number of carbonyl (C=O) groups is 2. The van der Waals surface area contributed by atoms with Crippen LogP contribution in [-0.2, 0) is 11.3 Å². The summed E-state index contributed by atoms with van der Waals surface area (Å²) in [7, 11) is 0. The Morgan fingerprint density at radius 3 is 2.52 bits per heavy atom. The molecule has 1 unspecified atom stereocenters. The number of rotatable bonds is 7. The van der Waals surface area contributed by atoms with E-state index in [0.29, 0.717) is 23.6 Å². The molecule has 0 aliphatic heterocycles. The monoisotopic (exact) mass is 365 g/mol. The molecule has 0 aliphatic rings. The first-order valence-electron chi connectivity index (χ1n) is 8.01. The van der Waals surface area contributed by atoms with Crippen LogP contribution >= 0.6 is 12.4 Å². The smallest absolute Gasteiger partial charge is 0.257 e. The number of halogens is 1. The maximum atomic E-state index is 12.7. The zero-order chi connectivity index (χ0) is 17.5. The molecule has 3 N–H and O–H groups in total. The molecular weight excluding hydrogens is 342 g/mol. The highest BCUT2D eigenvalue weighted by Gasteiger charge is 2.27. The van der Waals surface area contributed by atoms with E-state index in [1.807, 2.05) is 25.1 Å². The van der Waals surface area contributed by atoms with Gasteiger partial charge in [0.1, 0.15) is 18.1 Å². The van der Waals surface area contributed by atoms with Gasteiger partial charge in [-0.1, -0.05) is 25.1 Å². The van der Waals surface area contributed by atoms with Crippen LogP contribution in [0.15, 0.2) is 47.1 Å². The molecule has 7 heteroatoms. The Kier molecular flexibility index (Phi) is 8.18. The van der Waals surface area contributed by atoms with Crippen LogP contribution in [0.5, 0.6) is 0 Å².